The highest BCUT2D eigenvalue weighted by molar-refractivity contribution is 5.92. The summed E-state index contributed by atoms with van der Waals surface area (Å²) in [4.78, 5) is 15.8. The molecule has 4 nitrogen and oxygen atoms in total. The first-order valence-corrected chi connectivity index (χ1v) is 5.53. The summed E-state index contributed by atoms with van der Waals surface area (Å²) in [7, 11) is 0. The topological polar surface area (TPSA) is 55.1 Å². The smallest absolute Gasteiger partial charge is 0.289 e. The van der Waals surface area contributed by atoms with Gasteiger partial charge in [-0.15, -0.1) is 0 Å². The Morgan fingerprint density at radius 1 is 1.33 bits per heavy atom. The van der Waals surface area contributed by atoms with Crippen LogP contribution in [0.15, 0.2) is 28.7 Å². The van der Waals surface area contributed by atoms with Gasteiger partial charge in [-0.2, -0.15) is 0 Å². The van der Waals surface area contributed by atoms with Gasteiger partial charge in [0.25, 0.3) is 5.91 Å². The van der Waals surface area contributed by atoms with Gasteiger partial charge in [-0.25, -0.2) is 9.37 Å². The molecule has 0 radical (unpaired) electrons. The maximum Gasteiger partial charge on any atom is 0.289 e. The van der Waals surface area contributed by atoms with E-state index in [1.54, 1.807) is 26.0 Å². The number of hydrogen-bond acceptors (Lipinski definition) is 3. The van der Waals surface area contributed by atoms with Crippen molar-refractivity contribution < 1.29 is 13.6 Å². The Labute approximate surface area is 104 Å². The molecule has 0 saturated heterocycles. The molecule has 2 aromatic rings. The van der Waals surface area contributed by atoms with Crippen molar-refractivity contribution in [3.63, 3.8) is 0 Å². The van der Waals surface area contributed by atoms with E-state index in [0.29, 0.717) is 18.1 Å². The van der Waals surface area contributed by atoms with Crippen LogP contribution in [0.1, 0.15) is 27.7 Å². The quantitative estimate of drug-likeness (QED) is 0.907. The number of benzene rings is 1. The van der Waals surface area contributed by atoms with Gasteiger partial charge in [0.05, 0.1) is 5.69 Å². The van der Waals surface area contributed by atoms with Crippen LogP contribution in [0, 0.1) is 19.7 Å². The Bertz CT molecular complexity index is 561. The van der Waals surface area contributed by atoms with E-state index in [0.717, 1.165) is 5.56 Å². The zero-order chi connectivity index (χ0) is 13.1. The first kappa shape index (κ1) is 12.3. The van der Waals surface area contributed by atoms with Crippen LogP contribution in [0.5, 0.6) is 0 Å². The molecule has 0 aliphatic rings. The summed E-state index contributed by atoms with van der Waals surface area (Å²) in [5.74, 6) is 0.0539. The second-order valence-corrected chi connectivity index (χ2v) is 3.96. The Kier molecular flexibility index (Phi) is 3.41. The van der Waals surface area contributed by atoms with E-state index in [-0.39, 0.29) is 17.5 Å². The van der Waals surface area contributed by atoms with Crippen molar-refractivity contribution in [2.24, 2.45) is 0 Å². The van der Waals surface area contributed by atoms with Crippen LogP contribution >= 0.6 is 0 Å². The Balaban J connectivity index is 2.00. The average Bonchev–Trinajstić information content (AvgIpc) is 2.67. The van der Waals surface area contributed by atoms with E-state index in [1.165, 1.54) is 12.1 Å². The molecule has 0 spiro atoms. The van der Waals surface area contributed by atoms with Gasteiger partial charge in [-0.1, -0.05) is 12.1 Å². The van der Waals surface area contributed by atoms with Crippen molar-refractivity contribution in [3.8, 4) is 0 Å². The lowest BCUT2D eigenvalue weighted by Gasteiger charge is -2.03. The monoisotopic (exact) mass is 248 g/mol. The second-order valence-electron chi connectivity index (χ2n) is 3.96. The second kappa shape index (κ2) is 5.00. The minimum atomic E-state index is -0.322. The Morgan fingerprint density at radius 3 is 2.56 bits per heavy atom. The maximum atomic E-state index is 12.7. The van der Waals surface area contributed by atoms with Crippen molar-refractivity contribution in [2.75, 3.05) is 0 Å². The van der Waals surface area contributed by atoms with Crippen molar-refractivity contribution in [3.05, 3.63) is 53.0 Å². The summed E-state index contributed by atoms with van der Waals surface area (Å²) >= 11 is 0. The first-order valence-electron chi connectivity index (χ1n) is 5.53. The molecule has 0 saturated carbocycles. The van der Waals surface area contributed by atoms with Gasteiger partial charge in [0.1, 0.15) is 5.82 Å². The lowest BCUT2D eigenvalue weighted by Crippen LogP contribution is -2.23. The fraction of sp³-hybridized carbons (Fsp3) is 0.231. The van der Waals surface area contributed by atoms with E-state index in [4.69, 9.17) is 4.42 Å². The molecule has 0 fully saturated rings. The number of hydrogen-bond donors (Lipinski definition) is 1. The lowest BCUT2D eigenvalue weighted by atomic mass is 10.2. The van der Waals surface area contributed by atoms with E-state index < -0.39 is 0 Å². The largest absolute Gasteiger partial charge is 0.436 e. The zero-order valence-corrected chi connectivity index (χ0v) is 10.2. The number of amides is 1. The molecule has 1 aromatic carbocycles. The molecule has 0 unspecified atom stereocenters. The highest BCUT2D eigenvalue weighted by atomic mass is 19.1. The minimum Gasteiger partial charge on any atom is -0.436 e. The number of carbonyl (C=O) groups is 1. The molecule has 0 aliphatic heterocycles. The van der Waals surface area contributed by atoms with Gasteiger partial charge in [0.2, 0.25) is 5.76 Å². The van der Waals surface area contributed by atoms with Crippen LogP contribution in [-0.4, -0.2) is 10.9 Å². The van der Waals surface area contributed by atoms with Crippen molar-refractivity contribution in [2.45, 2.75) is 20.4 Å². The fourth-order valence-electron chi connectivity index (χ4n) is 1.61. The molecule has 1 aromatic heterocycles. The molecule has 1 N–H and O–H groups in total. The molecule has 94 valence electrons. The number of carbonyl (C=O) groups excluding carboxylic acids is 1. The van der Waals surface area contributed by atoms with Gasteiger partial charge >= 0.3 is 0 Å². The van der Waals surface area contributed by atoms with Gasteiger partial charge in [-0.3, -0.25) is 4.79 Å². The highest BCUT2D eigenvalue weighted by Crippen LogP contribution is 2.09. The SMILES string of the molecule is Cc1nc(C)c(C(=O)NCc2ccc(F)cc2)o1. The number of nitrogens with one attached hydrogen (secondary N) is 1. The number of halogens is 1. The lowest BCUT2D eigenvalue weighted by molar-refractivity contribution is 0.0921. The molecule has 0 atom stereocenters. The summed E-state index contributed by atoms with van der Waals surface area (Å²) < 4.78 is 17.9. The van der Waals surface area contributed by atoms with Gasteiger partial charge < -0.3 is 9.73 Å². The molecule has 1 heterocycles. The minimum absolute atomic E-state index is 0.217. The summed E-state index contributed by atoms with van der Waals surface area (Å²) in [6.07, 6.45) is 0. The van der Waals surface area contributed by atoms with Crippen molar-refractivity contribution >= 4 is 5.91 Å². The molecular formula is C13H13FN2O2. The van der Waals surface area contributed by atoms with E-state index in [2.05, 4.69) is 10.3 Å². The van der Waals surface area contributed by atoms with Gasteiger partial charge in [0, 0.05) is 13.5 Å². The zero-order valence-electron chi connectivity index (χ0n) is 10.2. The molecular weight excluding hydrogens is 235 g/mol. The van der Waals surface area contributed by atoms with Crippen LogP contribution in [0.2, 0.25) is 0 Å². The van der Waals surface area contributed by atoms with Crippen LogP contribution in [-0.2, 0) is 6.54 Å². The summed E-state index contributed by atoms with van der Waals surface area (Å²) in [5, 5.41) is 2.69. The van der Waals surface area contributed by atoms with Crippen LogP contribution in [0.3, 0.4) is 0 Å². The van der Waals surface area contributed by atoms with Crippen molar-refractivity contribution in [1.82, 2.24) is 10.3 Å². The molecule has 0 aliphatic carbocycles. The van der Waals surface area contributed by atoms with E-state index in [9.17, 15) is 9.18 Å². The molecule has 2 rings (SSSR count). The number of oxazole rings is 1. The molecule has 5 heteroatoms. The third kappa shape index (κ3) is 2.74. The van der Waals surface area contributed by atoms with Crippen LogP contribution in [0.25, 0.3) is 0 Å². The fourth-order valence-corrected chi connectivity index (χ4v) is 1.61. The predicted molar refractivity (Wildman–Crippen MR) is 63.5 cm³/mol. The van der Waals surface area contributed by atoms with Gasteiger partial charge in [0.15, 0.2) is 5.89 Å². The standard InChI is InChI=1S/C13H13FN2O2/c1-8-12(18-9(2)16-8)13(17)15-7-10-3-5-11(14)6-4-10/h3-6H,7H2,1-2H3,(H,15,17). The average molecular weight is 248 g/mol. The normalized spacial score (nSPS) is 10.4. The number of rotatable bonds is 3. The predicted octanol–water partition coefficient (Wildman–Crippen LogP) is 2.36. The Hall–Kier alpha value is -2.17. The van der Waals surface area contributed by atoms with E-state index >= 15 is 0 Å². The van der Waals surface area contributed by atoms with Crippen LogP contribution < -0.4 is 5.32 Å². The van der Waals surface area contributed by atoms with Crippen LogP contribution in [0.4, 0.5) is 4.39 Å². The maximum absolute atomic E-state index is 12.7. The third-order valence-electron chi connectivity index (χ3n) is 2.48. The van der Waals surface area contributed by atoms with E-state index in [1.807, 2.05) is 0 Å². The molecule has 18 heavy (non-hydrogen) atoms. The molecule has 0 bridgehead atoms. The highest BCUT2D eigenvalue weighted by Gasteiger charge is 2.15. The number of aromatic nitrogens is 1. The molecule has 1 amide bonds. The summed E-state index contributed by atoms with van der Waals surface area (Å²) in [6, 6.07) is 5.94. The summed E-state index contributed by atoms with van der Waals surface area (Å²) in [5.41, 5.74) is 1.38. The Morgan fingerprint density at radius 2 is 2.00 bits per heavy atom. The van der Waals surface area contributed by atoms with Gasteiger partial charge in [-0.05, 0) is 24.6 Å². The number of aryl methyl sites for hydroxylation is 2. The number of nitrogens with zero attached hydrogens (tertiary/aromatic N) is 1. The summed E-state index contributed by atoms with van der Waals surface area (Å²) in [6.45, 7) is 3.71. The third-order valence-corrected chi connectivity index (χ3v) is 2.48. The van der Waals surface area contributed by atoms with Crippen molar-refractivity contribution in [1.29, 1.82) is 0 Å². The first-order chi connectivity index (χ1) is 8.56.